The zero-order valence-electron chi connectivity index (χ0n) is 18.0. The third kappa shape index (κ3) is 5.42. The maximum Gasteiger partial charge on any atom is 0.284 e. The van der Waals surface area contributed by atoms with Crippen molar-refractivity contribution in [1.82, 2.24) is 15.4 Å². The van der Waals surface area contributed by atoms with Crippen molar-refractivity contribution in [2.45, 2.75) is 32.0 Å². The molecule has 2 aromatic rings. The first-order valence-corrected chi connectivity index (χ1v) is 9.87. The number of aliphatic hydroxyl groups is 1. The van der Waals surface area contributed by atoms with E-state index in [9.17, 15) is 15.2 Å². The second-order valence-corrected chi connectivity index (χ2v) is 7.75. The molecule has 0 unspecified atom stereocenters. The van der Waals surface area contributed by atoms with E-state index in [4.69, 9.17) is 24.8 Å². The van der Waals surface area contributed by atoms with Crippen LogP contribution < -0.4 is 20.7 Å². The third-order valence-electron chi connectivity index (χ3n) is 4.47. The van der Waals surface area contributed by atoms with E-state index in [0.29, 0.717) is 30.8 Å². The van der Waals surface area contributed by atoms with Crippen LogP contribution in [-0.2, 0) is 9.57 Å². The second kappa shape index (κ2) is 9.78. The van der Waals surface area contributed by atoms with Gasteiger partial charge in [0.25, 0.3) is 5.91 Å². The Morgan fingerprint density at radius 2 is 2.22 bits per heavy atom. The Morgan fingerprint density at radius 1 is 1.44 bits per heavy atom. The van der Waals surface area contributed by atoms with E-state index in [2.05, 4.69) is 15.4 Å². The quantitative estimate of drug-likeness (QED) is 0.505. The first kappa shape index (κ1) is 23.2. The highest BCUT2D eigenvalue weighted by molar-refractivity contribution is 6.00. The van der Waals surface area contributed by atoms with Gasteiger partial charge in [-0.15, -0.1) is 0 Å². The summed E-state index contributed by atoms with van der Waals surface area (Å²) in [6.07, 6.45) is 0.288. The van der Waals surface area contributed by atoms with Crippen LogP contribution in [0.4, 0.5) is 5.82 Å². The van der Waals surface area contributed by atoms with Crippen molar-refractivity contribution in [1.29, 1.82) is 5.26 Å². The molecule has 2 heterocycles. The molecule has 1 amide bonds. The highest BCUT2D eigenvalue weighted by atomic mass is 16.7. The monoisotopic (exact) mass is 443 g/mol. The summed E-state index contributed by atoms with van der Waals surface area (Å²) in [6.45, 7) is 3.77. The summed E-state index contributed by atoms with van der Waals surface area (Å²) in [6, 6.07) is 6.98. The number of benzene rings is 1. The number of para-hydroxylation sites is 1. The normalized spacial score (nSPS) is 15.8. The molecule has 1 atom stereocenters. The number of aromatic nitrogens is 2. The minimum absolute atomic E-state index is 0.0585. The second-order valence-electron chi connectivity index (χ2n) is 7.75. The molecular formula is C21H25N5O6. The Hall–Kier alpha value is -3.46. The molecule has 11 heteroatoms. The summed E-state index contributed by atoms with van der Waals surface area (Å²) in [4.78, 5) is 26.5. The van der Waals surface area contributed by atoms with Crippen molar-refractivity contribution in [3.05, 3.63) is 29.3 Å². The molecule has 32 heavy (non-hydrogen) atoms. The van der Waals surface area contributed by atoms with Crippen molar-refractivity contribution in [2.24, 2.45) is 0 Å². The average molecular weight is 443 g/mol. The van der Waals surface area contributed by atoms with E-state index in [0.717, 1.165) is 0 Å². The van der Waals surface area contributed by atoms with Crippen LogP contribution in [0.15, 0.2) is 18.2 Å². The number of hydroxylamine groups is 1. The van der Waals surface area contributed by atoms with E-state index < -0.39 is 11.5 Å². The minimum atomic E-state index is -1.15. The summed E-state index contributed by atoms with van der Waals surface area (Å²) in [7, 11) is 1.43. The number of hydrogen-bond donors (Lipinski definition) is 3. The van der Waals surface area contributed by atoms with E-state index in [1.165, 1.54) is 21.0 Å². The number of anilines is 1. The van der Waals surface area contributed by atoms with Gasteiger partial charge in [-0.3, -0.25) is 9.63 Å². The molecule has 1 aliphatic heterocycles. The summed E-state index contributed by atoms with van der Waals surface area (Å²) in [5, 5.41) is 19.1. The van der Waals surface area contributed by atoms with Crippen LogP contribution in [-0.4, -0.2) is 59.6 Å². The molecule has 170 valence electrons. The molecule has 1 aliphatic rings. The number of carbonyl (C=O) groups is 1. The van der Waals surface area contributed by atoms with Gasteiger partial charge in [-0.05, 0) is 26.0 Å². The smallest absolute Gasteiger partial charge is 0.284 e. The maximum atomic E-state index is 12.8. The van der Waals surface area contributed by atoms with Gasteiger partial charge in [0.05, 0.1) is 37.1 Å². The molecule has 1 aromatic carbocycles. The Balaban J connectivity index is 2.01. The summed E-state index contributed by atoms with van der Waals surface area (Å²) >= 11 is 0. The molecule has 11 nitrogen and oxygen atoms in total. The Morgan fingerprint density at radius 3 is 2.84 bits per heavy atom. The number of nitriles is 1. The topological polar surface area (TPSA) is 162 Å². The lowest BCUT2D eigenvalue weighted by molar-refractivity contribution is -0.0523. The van der Waals surface area contributed by atoms with Gasteiger partial charge in [-0.25, -0.2) is 10.5 Å². The average Bonchev–Trinajstić information content (AvgIpc) is 3.24. The minimum Gasteiger partial charge on any atom is -0.495 e. The van der Waals surface area contributed by atoms with Gasteiger partial charge in [-0.1, -0.05) is 6.07 Å². The van der Waals surface area contributed by atoms with Crippen LogP contribution in [0.2, 0.25) is 0 Å². The highest BCUT2D eigenvalue weighted by Crippen LogP contribution is 2.34. The Bertz CT molecular complexity index is 1020. The van der Waals surface area contributed by atoms with Crippen LogP contribution in [0.5, 0.6) is 11.6 Å². The van der Waals surface area contributed by atoms with E-state index in [1.54, 1.807) is 18.2 Å². The molecule has 0 aliphatic carbocycles. The Labute approximate surface area is 185 Å². The largest absolute Gasteiger partial charge is 0.495 e. The SMILES string of the molecule is COc1c(C#N)cccc1-c1nc(N)c(C(=O)NOCC(C)(C)O)c(O[C@H]2CCOC2)n1. The molecule has 1 aromatic heterocycles. The molecular weight excluding hydrogens is 418 g/mol. The number of ether oxygens (including phenoxy) is 3. The van der Waals surface area contributed by atoms with E-state index in [1.807, 2.05) is 6.07 Å². The number of nitrogen functional groups attached to an aromatic ring is 1. The zero-order chi connectivity index (χ0) is 23.3. The molecule has 0 saturated carbocycles. The lowest BCUT2D eigenvalue weighted by Gasteiger charge is -2.19. The predicted octanol–water partition coefficient (Wildman–Crippen LogP) is 1.21. The molecule has 3 rings (SSSR count). The van der Waals surface area contributed by atoms with Crippen molar-refractivity contribution >= 4 is 11.7 Å². The van der Waals surface area contributed by atoms with Crippen molar-refractivity contribution in [3.8, 4) is 29.1 Å². The summed E-state index contributed by atoms with van der Waals surface area (Å²) in [5.74, 6) is -0.547. The van der Waals surface area contributed by atoms with Crippen LogP contribution in [0.25, 0.3) is 11.4 Å². The van der Waals surface area contributed by atoms with Crippen LogP contribution in [0.1, 0.15) is 36.2 Å². The molecule has 0 spiro atoms. The number of carbonyl (C=O) groups excluding carboxylic acids is 1. The first-order valence-electron chi connectivity index (χ1n) is 9.87. The van der Waals surface area contributed by atoms with Gasteiger partial charge in [0.1, 0.15) is 35.9 Å². The summed E-state index contributed by atoms with van der Waals surface area (Å²) < 4.78 is 16.6. The number of rotatable bonds is 8. The van der Waals surface area contributed by atoms with E-state index >= 15 is 0 Å². The van der Waals surface area contributed by atoms with Crippen LogP contribution >= 0.6 is 0 Å². The van der Waals surface area contributed by atoms with Crippen LogP contribution in [0, 0.1) is 11.3 Å². The van der Waals surface area contributed by atoms with Crippen molar-refractivity contribution in [2.75, 3.05) is 32.7 Å². The van der Waals surface area contributed by atoms with Gasteiger partial charge in [0.15, 0.2) is 5.82 Å². The van der Waals surface area contributed by atoms with Gasteiger partial charge in [-0.2, -0.15) is 10.2 Å². The van der Waals surface area contributed by atoms with Gasteiger partial charge in [0, 0.05) is 6.42 Å². The van der Waals surface area contributed by atoms with Crippen LogP contribution in [0.3, 0.4) is 0 Å². The first-order chi connectivity index (χ1) is 15.2. The molecule has 0 radical (unpaired) electrons. The lowest BCUT2D eigenvalue weighted by atomic mass is 10.1. The highest BCUT2D eigenvalue weighted by Gasteiger charge is 2.27. The number of hydrogen-bond acceptors (Lipinski definition) is 10. The lowest BCUT2D eigenvalue weighted by Crippen LogP contribution is -2.34. The standard InChI is InChI=1S/C21H25N5O6/c1-21(2,28)11-31-26-19(27)15-17(23)24-18(25-20(15)32-13-7-8-30-10-13)14-6-4-5-12(9-22)16(14)29-3/h4-6,13,28H,7-8,10-11H2,1-3H3,(H,26,27)(H2,23,24,25)/t13-/m0/s1. The molecule has 0 bridgehead atoms. The molecule has 1 fully saturated rings. The Kier molecular flexibility index (Phi) is 7.09. The molecule has 4 N–H and O–H groups in total. The summed E-state index contributed by atoms with van der Waals surface area (Å²) in [5.41, 5.74) is 7.78. The molecule has 1 saturated heterocycles. The fraction of sp³-hybridized carbons (Fsp3) is 0.429. The fourth-order valence-electron chi connectivity index (χ4n) is 2.99. The number of nitrogens with one attached hydrogen (secondary N) is 1. The van der Waals surface area contributed by atoms with Gasteiger partial charge < -0.3 is 25.1 Å². The van der Waals surface area contributed by atoms with Crippen molar-refractivity contribution in [3.63, 3.8) is 0 Å². The number of nitrogens with two attached hydrogens (primary N) is 1. The maximum absolute atomic E-state index is 12.8. The fourth-order valence-corrected chi connectivity index (χ4v) is 2.99. The van der Waals surface area contributed by atoms with Gasteiger partial charge >= 0.3 is 0 Å². The third-order valence-corrected chi connectivity index (χ3v) is 4.47. The van der Waals surface area contributed by atoms with E-state index in [-0.39, 0.29) is 41.5 Å². The zero-order valence-corrected chi connectivity index (χ0v) is 18.0. The van der Waals surface area contributed by atoms with Gasteiger partial charge in [0.2, 0.25) is 5.88 Å². The predicted molar refractivity (Wildman–Crippen MR) is 113 cm³/mol. The van der Waals surface area contributed by atoms with Crippen molar-refractivity contribution < 1.29 is 28.9 Å². The number of nitrogens with zero attached hydrogens (tertiary/aromatic N) is 3. The number of amides is 1. The number of methoxy groups -OCH3 is 1.